The van der Waals surface area contributed by atoms with E-state index in [2.05, 4.69) is 5.32 Å². The highest BCUT2D eigenvalue weighted by molar-refractivity contribution is 7.91. The van der Waals surface area contributed by atoms with Crippen molar-refractivity contribution in [2.75, 3.05) is 11.5 Å². The Morgan fingerprint density at radius 3 is 2.57 bits per heavy atom. The van der Waals surface area contributed by atoms with Crippen LogP contribution in [0.25, 0.3) is 0 Å². The SMILES string of the molecule is CC1CCCC(NC(=O)CC2CCS(=O)(=O)C2)(C(=O)O)C1. The zero-order valence-corrected chi connectivity index (χ0v) is 13.1. The lowest BCUT2D eigenvalue weighted by molar-refractivity contribution is -0.150. The molecule has 7 heteroatoms. The summed E-state index contributed by atoms with van der Waals surface area (Å²) in [5, 5.41) is 12.2. The van der Waals surface area contributed by atoms with Crippen LogP contribution in [0.4, 0.5) is 0 Å². The van der Waals surface area contributed by atoms with Crippen LogP contribution >= 0.6 is 0 Å². The van der Waals surface area contributed by atoms with Crippen molar-refractivity contribution in [3.63, 3.8) is 0 Å². The number of hydrogen-bond donors (Lipinski definition) is 2. The molecule has 0 aromatic heterocycles. The molecule has 0 aromatic rings. The molecule has 6 nitrogen and oxygen atoms in total. The zero-order chi connectivity index (χ0) is 15.7. The highest BCUT2D eigenvalue weighted by Gasteiger charge is 2.43. The highest BCUT2D eigenvalue weighted by Crippen LogP contribution is 2.33. The molecule has 0 aromatic carbocycles. The molecule has 1 aliphatic heterocycles. The second-order valence-corrected chi connectivity index (χ2v) is 8.84. The van der Waals surface area contributed by atoms with Crippen LogP contribution in [0.1, 0.15) is 45.4 Å². The summed E-state index contributed by atoms with van der Waals surface area (Å²) in [5.74, 6) is -1.07. The summed E-state index contributed by atoms with van der Waals surface area (Å²) in [7, 11) is -3.01. The van der Waals surface area contributed by atoms with Gasteiger partial charge in [-0.05, 0) is 31.1 Å². The van der Waals surface area contributed by atoms with Crippen molar-refractivity contribution in [2.24, 2.45) is 11.8 Å². The number of carboxylic acid groups (broad SMARTS) is 1. The van der Waals surface area contributed by atoms with Crippen LogP contribution < -0.4 is 5.32 Å². The minimum atomic E-state index is -3.01. The second-order valence-electron chi connectivity index (χ2n) is 6.61. The number of carbonyl (C=O) groups excluding carboxylic acids is 1. The summed E-state index contributed by atoms with van der Waals surface area (Å²) >= 11 is 0. The van der Waals surface area contributed by atoms with Crippen molar-refractivity contribution in [1.29, 1.82) is 0 Å². The fraction of sp³-hybridized carbons (Fsp3) is 0.857. The van der Waals surface area contributed by atoms with Crippen molar-refractivity contribution in [1.82, 2.24) is 5.32 Å². The standard InChI is InChI=1S/C14H23NO5S/c1-10-3-2-5-14(8-10,13(17)18)15-12(16)7-11-4-6-21(19,20)9-11/h10-11H,2-9H2,1H3,(H,15,16)(H,17,18). The van der Waals surface area contributed by atoms with E-state index in [0.29, 0.717) is 19.3 Å². The highest BCUT2D eigenvalue weighted by atomic mass is 32.2. The number of carbonyl (C=O) groups is 2. The molecule has 3 unspecified atom stereocenters. The molecule has 2 N–H and O–H groups in total. The van der Waals surface area contributed by atoms with Gasteiger partial charge in [-0.15, -0.1) is 0 Å². The third-order valence-corrected chi connectivity index (χ3v) is 6.42. The van der Waals surface area contributed by atoms with Crippen LogP contribution in [0.5, 0.6) is 0 Å². The van der Waals surface area contributed by atoms with Gasteiger partial charge in [-0.25, -0.2) is 13.2 Å². The molecule has 120 valence electrons. The maximum atomic E-state index is 12.1. The predicted octanol–water partition coefficient (Wildman–Crippen LogP) is 0.961. The van der Waals surface area contributed by atoms with Gasteiger partial charge in [0.1, 0.15) is 5.54 Å². The molecule has 0 bridgehead atoms. The molecule has 21 heavy (non-hydrogen) atoms. The molecule has 1 saturated carbocycles. The molecule has 0 spiro atoms. The molecule has 2 fully saturated rings. The smallest absolute Gasteiger partial charge is 0.329 e. The molecule has 1 amide bonds. The lowest BCUT2D eigenvalue weighted by atomic mass is 9.76. The molecule has 1 heterocycles. The van der Waals surface area contributed by atoms with E-state index in [9.17, 15) is 23.1 Å². The van der Waals surface area contributed by atoms with Crippen LogP contribution in [-0.4, -0.2) is 42.4 Å². The molecule has 3 atom stereocenters. The van der Waals surface area contributed by atoms with Crippen LogP contribution in [0.2, 0.25) is 0 Å². The number of hydrogen-bond acceptors (Lipinski definition) is 4. The molecule has 0 radical (unpaired) electrons. The van der Waals surface area contributed by atoms with E-state index in [0.717, 1.165) is 12.8 Å². The lowest BCUT2D eigenvalue weighted by Gasteiger charge is -2.37. The van der Waals surface area contributed by atoms with Gasteiger partial charge >= 0.3 is 5.97 Å². The summed E-state index contributed by atoms with van der Waals surface area (Å²) in [5.41, 5.74) is -1.17. The van der Waals surface area contributed by atoms with Gasteiger partial charge in [0.25, 0.3) is 0 Å². The van der Waals surface area contributed by atoms with Crippen molar-refractivity contribution >= 4 is 21.7 Å². The Bertz CT molecular complexity index is 529. The van der Waals surface area contributed by atoms with Gasteiger partial charge in [0.15, 0.2) is 9.84 Å². The minimum Gasteiger partial charge on any atom is -0.480 e. The van der Waals surface area contributed by atoms with Gasteiger partial charge in [-0.2, -0.15) is 0 Å². The Hall–Kier alpha value is -1.11. The average Bonchev–Trinajstić information content (AvgIpc) is 2.68. The third-order valence-electron chi connectivity index (χ3n) is 4.59. The number of nitrogens with one attached hydrogen (secondary N) is 1. The average molecular weight is 317 g/mol. The van der Waals surface area contributed by atoms with Gasteiger partial charge < -0.3 is 10.4 Å². The van der Waals surface area contributed by atoms with Gasteiger partial charge in [-0.3, -0.25) is 4.79 Å². The van der Waals surface area contributed by atoms with E-state index < -0.39 is 21.3 Å². The Morgan fingerprint density at radius 2 is 2.05 bits per heavy atom. The Labute approximate surface area is 125 Å². The van der Waals surface area contributed by atoms with Crippen LogP contribution in [0, 0.1) is 11.8 Å². The largest absolute Gasteiger partial charge is 0.480 e. The number of rotatable bonds is 4. The maximum absolute atomic E-state index is 12.1. The Balaban J connectivity index is 1.98. The summed E-state index contributed by atoms with van der Waals surface area (Å²) in [4.78, 5) is 23.7. The predicted molar refractivity (Wildman–Crippen MR) is 77.5 cm³/mol. The van der Waals surface area contributed by atoms with Gasteiger partial charge in [0.2, 0.25) is 5.91 Å². The maximum Gasteiger partial charge on any atom is 0.329 e. The van der Waals surface area contributed by atoms with Crippen LogP contribution in [-0.2, 0) is 19.4 Å². The molecule has 1 saturated heterocycles. The van der Waals surface area contributed by atoms with E-state index in [1.54, 1.807) is 0 Å². The molecule has 1 aliphatic carbocycles. The van der Waals surface area contributed by atoms with E-state index in [1.165, 1.54) is 0 Å². The first-order valence-corrected chi connectivity index (χ1v) is 9.29. The number of amides is 1. The van der Waals surface area contributed by atoms with Crippen LogP contribution in [0.15, 0.2) is 0 Å². The number of carboxylic acids is 1. The van der Waals surface area contributed by atoms with Gasteiger partial charge in [0, 0.05) is 6.42 Å². The monoisotopic (exact) mass is 317 g/mol. The number of sulfone groups is 1. The minimum absolute atomic E-state index is 0.0386. The fourth-order valence-corrected chi connectivity index (χ4v) is 5.39. The summed E-state index contributed by atoms with van der Waals surface area (Å²) in [6.07, 6.45) is 3.24. The summed E-state index contributed by atoms with van der Waals surface area (Å²) in [6, 6.07) is 0. The van der Waals surface area contributed by atoms with Crippen molar-refractivity contribution in [3.05, 3.63) is 0 Å². The third kappa shape index (κ3) is 3.96. The summed E-state index contributed by atoms with van der Waals surface area (Å²) < 4.78 is 22.8. The quantitative estimate of drug-likeness (QED) is 0.804. The molecule has 2 aliphatic rings. The fourth-order valence-electron chi connectivity index (χ4n) is 3.53. The summed E-state index contributed by atoms with van der Waals surface area (Å²) in [6.45, 7) is 1.99. The molecular weight excluding hydrogens is 294 g/mol. The first-order chi connectivity index (χ1) is 9.72. The molecule has 2 rings (SSSR count). The van der Waals surface area contributed by atoms with E-state index in [-0.39, 0.29) is 35.7 Å². The van der Waals surface area contributed by atoms with Crippen LogP contribution in [0.3, 0.4) is 0 Å². The Kier molecular flexibility index (Phi) is 4.60. The first-order valence-electron chi connectivity index (χ1n) is 7.47. The van der Waals surface area contributed by atoms with Gasteiger partial charge in [0.05, 0.1) is 11.5 Å². The van der Waals surface area contributed by atoms with Crippen molar-refractivity contribution in [3.8, 4) is 0 Å². The Morgan fingerprint density at radius 1 is 1.33 bits per heavy atom. The normalized spacial score (nSPS) is 35.3. The van der Waals surface area contributed by atoms with E-state index in [1.807, 2.05) is 6.92 Å². The lowest BCUT2D eigenvalue weighted by Crippen LogP contribution is -2.57. The van der Waals surface area contributed by atoms with E-state index in [4.69, 9.17) is 0 Å². The number of aliphatic carboxylic acids is 1. The van der Waals surface area contributed by atoms with E-state index >= 15 is 0 Å². The van der Waals surface area contributed by atoms with Gasteiger partial charge in [-0.1, -0.05) is 19.8 Å². The van der Waals surface area contributed by atoms with Crippen molar-refractivity contribution < 1.29 is 23.1 Å². The topological polar surface area (TPSA) is 101 Å². The first kappa shape index (κ1) is 16.3. The second kappa shape index (κ2) is 5.94. The molecular formula is C14H23NO5S. The van der Waals surface area contributed by atoms with Crippen molar-refractivity contribution in [2.45, 2.75) is 51.0 Å². The zero-order valence-electron chi connectivity index (χ0n) is 12.3.